The van der Waals surface area contributed by atoms with Crippen molar-refractivity contribution in [2.45, 2.75) is 19.9 Å². The zero-order valence-corrected chi connectivity index (χ0v) is 13.9. The Morgan fingerprint density at radius 1 is 1.04 bits per heavy atom. The van der Waals surface area contributed by atoms with Gasteiger partial charge in [-0.1, -0.05) is 48.0 Å². The van der Waals surface area contributed by atoms with Crippen LogP contribution < -0.4 is 15.4 Å². The molecule has 23 heavy (non-hydrogen) atoms. The fourth-order valence-electron chi connectivity index (χ4n) is 2.20. The molecule has 2 amide bonds. The zero-order valence-electron chi connectivity index (χ0n) is 13.1. The highest BCUT2D eigenvalue weighted by Gasteiger charge is 2.05. The first-order valence-electron chi connectivity index (χ1n) is 7.66. The number of urea groups is 1. The monoisotopic (exact) mass is 332 g/mol. The Morgan fingerprint density at radius 2 is 1.74 bits per heavy atom. The van der Waals surface area contributed by atoms with E-state index in [-0.39, 0.29) is 6.03 Å². The lowest BCUT2D eigenvalue weighted by atomic mass is 10.1. The highest BCUT2D eigenvalue weighted by molar-refractivity contribution is 6.31. The third-order valence-electron chi connectivity index (χ3n) is 3.35. The summed E-state index contributed by atoms with van der Waals surface area (Å²) in [5, 5.41) is 6.29. The molecule has 0 saturated heterocycles. The minimum Gasteiger partial charge on any atom is -0.494 e. The van der Waals surface area contributed by atoms with E-state index >= 15 is 0 Å². The maximum absolute atomic E-state index is 11.8. The van der Waals surface area contributed by atoms with Crippen molar-refractivity contribution < 1.29 is 9.53 Å². The van der Waals surface area contributed by atoms with Gasteiger partial charge in [-0.3, -0.25) is 0 Å². The molecule has 122 valence electrons. The number of carbonyl (C=O) groups is 1. The van der Waals surface area contributed by atoms with Crippen LogP contribution in [-0.2, 0) is 13.0 Å². The van der Waals surface area contributed by atoms with Crippen LogP contribution in [-0.4, -0.2) is 19.2 Å². The smallest absolute Gasteiger partial charge is 0.315 e. The highest BCUT2D eigenvalue weighted by atomic mass is 35.5. The molecule has 0 unspecified atom stereocenters. The van der Waals surface area contributed by atoms with E-state index in [1.807, 2.05) is 49.4 Å². The molecule has 0 fully saturated rings. The average molecular weight is 333 g/mol. The third-order valence-corrected chi connectivity index (χ3v) is 3.72. The first-order chi connectivity index (χ1) is 11.2. The number of rotatable bonds is 7. The lowest BCUT2D eigenvalue weighted by Gasteiger charge is -2.11. The largest absolute Gasteiger partial charge is 0.494 e. The summed E-state index contributed by atoms with van der Waals surface area (Å²) >= 11 is 6.05. The molecule has 2 aromatic rings. The zero-order chi connectivity index (χ0) is 16.5. The number of para-hydroxylation sites is 1. The molecule has 0 heterocycles. The van der Waals surface area contributed by atoms with E-state index < -0.39 is 0 Å². The van der Waals surface area contributed by atoms with Gasteiger partial charge in [0, 0.05) is 18.1 Å². The number of amides is 2. The van der Waals surface area contributed by atoms with Crippen LogP contribution in [0, 0.1) is 0 Å². The van der Waals surface area contributed by atoms with Crippen LogP contribution in [0.5, 0.6) is 5.75 Å². The van der Waals surface area contributed by atoms with Gasteiger partial charge in [0.15, 0.2) is 0 Å². The van der Waals surface area contributed by atoms with E-state index in [4.69, 9.17) is 16.3 Å². The van der Waals surface area contributed by atoms with Gasteiger partial charge in [-0.15, -0.1) is 0 Å². The third kappa shape index (κ3) is 5.49. The van der Waals surface area contributed by atoms with Gasteiger partial charge in [0.1, 0.15) is 5.75 Å². The van der Waals surface area contributed by atoms with Gasteiger partial charge in [-0.25, -0.2) is 4.79 Å². The van der Waals surface area contributed by atoms with E-state index in [9.17, 15) is 4.79 Å². The summed E-state index contributed by atoms with van der Waals surface area (Å²) in [5.74, 6) is 0.869. The quantitative estimate of drug-likeness (QED) is 0.810. The van der Waals surface area contributed by atoms with E-state index in [0.717, 1.165) is 23.3 Å². The predicted octanol–water partition coefficient (Wildman–Crippen LogP) is 3.78. The van der Waals surface area contributed by atoms with Gasteiger partial charge in [0.2, 0.25) is 0 Å². The molecule has 0 aliphatic carbocycles. The number of halogens is 1. The molecular weight excluding hydrogens is 312 g/mol. The van der Waals surface area contributed by atoms with E-state index in [1.165, 1.54) is 0 Å². The second-order valence-electron chi connectivity index (χ2n) is 4.99. The number of nitrogens with one attached hydrogen (secondary N) is 2. The van der Waals surface area contributed by atoms with Gasteiger partial charge in [-0.2, -0.15) is 0 Å². The van der Waals surface area contributed by atoms with Crippen LogP contribution in [0.3, 0.4) is 0 Å². The first kappa shape index (κ1) is 17.2. The Hall–Kier alpha value is -2.20. The standard InChI is InChI=1S/C18H21ClN2O2/c1-2-23-17-10-6-4-7-14(17)11-12-20-18(22)21-13-15-8-3-5-9-16(15)19/h3-10H,2,11-13H2,1H3,(H2,20,21,22). The Bertz CT molecular complexity index is 646. The van der Waals surface area contributed by atoms with Crippen molar-refractivity contribution in [3.05, 3.63) is 64.7 Å². The molecule has 0 atom stereocenters. The van der Waals surface area contributed by atoms with Gasteiger partial charge >= 0.3 is 6.03 Å². The molecule has 0 spiro atoms. The number of carbonyl (C=O) groups excluding carboxylic acids is 1. The summed E-state index contributed by atoms with van der Waals surface area (Å²) in [7, 11) is 0. The second-order valence-corrected chi connectivity index (χ2v) is 5.40. The minimum atomic E-state index is -0.209. The van der Waals surface area contributed by atoms with E-state index in [2.05, 4.69) is 10.6 Å². The maximum atomic E-state index is 11.8. The SMILES string of the molecule is CCOc1ccccc1CCNC(=O)NCc1ccccc1Cl. The maximum Gasteiger partial charge on any atom is 0.315 e. The average Bonchev–Trinajstić information content (AvgIpc) is 2.56. The van der Waals surface area contributed by atoms with Crippen LogP contribution in [0.1, 0.15) is 18.1 Å². The van der Waals surface area contributed by atoms with Crippen LogP contribution in [0.15, 0.2) is 48.5 Å². The van der Waals surface area contributed by atoms with Crippen molar-refractivity contribution >= 4 is 17.6 Å². The summed E-state index contributed by atoms with van der Waals surface area (Å²) in [6.07, 6.45) is 0.718. The van der Waals surface area contributed by atoms with E-state index in [1.54, 1.807) is 6.07 Å². The van der Waals surface area contributed by atoms with Crippen molar-refractivity contribution in [3.63, 3.8) is 0 Å². The van der Waals surface area contributed by atoms with Crippen LogP contribution in [0.2, 0.25) is 5.02 Å². The molecule has 0 bridgehead atoms. The van der Waals surface area contributed by atoms with Gasteiger partial charge < -0.3 is 15.4 Å². The molecule has 0 aromatic heterocycles. The Morgan fingerprint density at radius 3 is 2.48 bits per heavy atom. The number of hydrogen-bond donors (Lipinski definition) is 2. The second kappa shape index (κ2) is 9.06. The number of hydrogen-bond acceptors (Lipinski definition) is 2. The lowest BCUT2D eigenvalue weighted by molar-refractivity contribution is 0.240. The normalized spacial score (nSPS) is 10.2. The summed E-state index contributed by atoms with van der Waals surface area (Å²) in [5.41, 5.74) is 1.98. The van der Waals surface area contributed by atoms with Crippen LogP contribution in [0.25, 0.3) is 0 Å². The molecule has 2 N–H and O–H groups in total. The van der Waals surface area contributed by atoms with Crippen LogP contribution in [0.4, 0.5) is 4.79 Å². The topological polar surface area (TPSA) is 50.4 Å². The van der Waals surface area contributed by atoms with E-state index in [0.29, 0.717) is 24.7 Å². The van der Waals surface area contributed by atoms with Crippen molar-refractivity contribution in [3.8, 4) is 5.75 Å². The molecule has 2 rings (SSSR count). The Balaban J connectivity index is 1.76. The van der Waals surface area contributed by atoms with Crippen molar-refractivity contribution in [2.75, 3.05) is 13.2 Å². The fourth-order valence-corrected chi connectivity index (χ4v) is 2.40. The van der Waals surface area contributed by atoms with Crippen molar-refractivity contribution in [2.24, 2.45) is 0 Å². The van der Waals surface area contributed by atoms with Gasteiger partial charge in [0.05, 0.1) is 6.61 Å². The minimum absolute atomic E-state index is 0.209. The molecule has 2 aromatic carbocycles. The number of benzene rings is 2. The summed E-state index contributed by atoms with van der Waals surface area (Å²) in [6, 6.07) is 15.1. The first-order valence-corrected chi connectivity index (χ1v) is 8.04. The number of ether oxygens (including phenoxy) is 1. The van der Waals surface area contributed by atoms with Crippen LogP contribution >= 0.6 is 11.6 Å². The molecular formula is C18H21ClN2O2. The Labute approximate surface area is 141 Å². The van der Waals surface area contributed by atoms with Gasteiger partial charge in [0.25, 0.3) is 0 Å². The molecule has 0 aliphatic heterocycles. The Kier molecular flexibility index (Phi) is 6.76. The molecule has 0 radical (unpaired) electrons. The lowest BCUT2D eigenvalue weighted by Crippen LogP contribution is -2.36. The van der Waals surface area contributed by atoms with Crippen molar-refractivity contribution in [1.29, 1.82) is 0 Å². The predicted molar refractivity (Wildman–Crippen MR) is 93.0 cm³/mol. The van der Waals surface area contributed by atoms with Crippen molar-refractivity contribution in [1.82, 2.24) is 10.6 Å². The molecule has 0 aliphatic rings. The summed E-state index contributed by atoms with van der Waals surface area (Å²) in [6.45, 7) is 3.53. The van der Waals surface area contributed by atoms with Gasteiger partial charge in [-0.05, 0) is 36.6 Å². The highest BCUT2D eigenvalue weighted by Crippen LogP contribution is 2.18. The molecule has 0 saturated carbocycles. The molecule has 4 nitrogen and oxygen atoms in total. The summed E-state index contributed by atoms with van der Waals surface area (Å²) in [4.78, 5) is 11.8. The fraction of sp³-hybridized carbons (Fsp3) is 0.278. The summed E-state index contributed by atoms with van der Waals surface area (Å²) < 4.78 is 5.57. The molecule has 5 heteroatoms.